The van der Waals surface area contributed by atoms with Crippen molar-refractivity contribution in [1.82, 2.24) is 0 Å². The first kappa shape index (κ1) is 17.5. The Morgan fingerprint density at radius 1 is 0.650 bits per heavy atom. The van der Waals surface area contributed by atoms with Crippen molar-refractivity contribution in [3.63, 3.8) is 0 Å². The van der Waals surface area contributed by atoms with Gasteiger partial charge in [-0.2, -0.15) is 0 Å². The molecular weight excluding hydrogens is 240 g/mol. The Morgan fingerprint density at radius 3 is 1.20 bits per heavy atom. The van der Waals surface area contributed by atoms with E-state index in [9.17, 15) is 0 Å². The van der Waals surface area contributed by atoms with E-state index < -0.39 is 0 Å². The third-order valence-corrected chi connectivity index (χ3v) is 5.84. The second kappa shape index (κ2) is 7.48. The van der Waals surface area contributed by atoms with Crippen molar-refractivity contribution in [3.8, 4) is 0 Å². The monoisotopic (exact) mass is 276 g/mol. The lowest BCUT2D eigenvalue weighted by Crippen LogP contribution is -2.19. The van der Waals surface area contributed by atoms with Crippen LogP contribution < -0.4 is 0 Å². The maximum atomic E-state index is 2.42. The van der Waals surface area contributed by atoms with Crippen LogP contribution in [0.15, 0.2) is 23.3 Å². The van der Waals surface area contributed by atoms with E-state index in [0.717, 1.165) is 35.5 Å². The molecular formula is C20H36. The van der Waals surface area contributed by atoms with Gasteiger partial charge < -0.3 is 0 Å². The van der Waals surface area contributed by atoms with Crippen LogP contribution in [0.25, 0.3) is 0 Å². The Labute approximate surface area is 127 Å². The molecule has 0 aromatic rings. The van der Waals surface area contributed by atoms with Crippen LogP contribution in [0.5, 0.6) is 0 Å². The van der Waals surface area contributed by atoms with Crippen molar-refractivity contribution in [2.24, 2.45) is 35.5 Å². The van der Waals surface area contributed by atoms with Gasteiger partial charge in [0.1, 0.15) is 0 Å². The van der Waals surface area contributed by atoms with Crippen molar-refractivity contribution in [3.05, 3.63) is 23.3 Å². The van der Waals surface area contributed by atoms with Gasteiger partial charge in [0.15, 0.2) is 0 Å². The van der Waals surface area contributed by atoms with Crippen molar-refractivity contribution >= 4 is 0 Å². The molecule has 2 aliphatic rings. The molecule has 0 radical (unpaired) electrons. The van der Waals surface area contributed by atoms with E-state index in [1.165, 1.54) is 12.8 Å². The molecule has 0 heteroatoms. The van der Waals surface area contributed by atoms with Gasteiger partial charge in [0.25, 0.3) is 0 Å². The SMILES string of the molecule is CC1=C[C@@H](C)[C@@H](C)[C@H](C)C1.CC1=C[C@H](C)[C@@H](C)[C@H](C)C1. The van der Waals surface area contributed by atoms with Gasteiger partial charge >= 0.3 is 0 Å². The van der Waals surface area contributed by atoms with Crippen molar-refractivity contribution in [2.75, 3.05) is 0 Å². The summed E-state index contributed by atoms with van der Waals surface area (Å²) < 4.78 is 0. The predicted octanol–water partition coefficient (Wildman–Crippen LogP) is 6.49. The number of hydrogen-bond acceptors (Lipinski definition) is 0. The summed E-state index contributed by atoms with van der Waals surface area (Å²) in [6, 6.07) is 0. The summed E-state index contributed by atoms with van der Waals surface area (Å²) >= 11 is 0. The van der Waals surface area contributed by atoms with Crippen LogP contribution in [0.3, 0.4) is 0 Å². The molecule has 0 saturated heterocycles. The summed E-state index contributed by atoms with van der Waals surface area (Å²) in [5.74, 6) is 5.12. The molecule has 0 aromatic heterocycles. The Balaban J connectivity index is 0.000000200. The third-order valence-electron chi connectivity index (χ3n) is 5.84. The first-order valence-electron chi connectivity index (χ1n) is 8.57. The highest BCUT2D eigenvalue weighted by atomic mass is 14.3. The van der Waals surface area contributed by atoms with Gasteiger partial charge in [-0.3, -0.25) is 0 Å². The molecule has 0 spiro atoms. The quantitative estimate of drug-likeness (QED) is 0.444. The van der Waals surface area contributed by atoms with Gasteiger partial charge in [0, 0.05) is 0 Å². The molecule has 0 amide bonds. The van der Waals surface area contributed by atoms with Crippen molar-refractivity contribution in [1.29, 1.82) is 0 Å². The molecule has 2 rings (SSSR count). The van der Waals surface area contributed by atoms with Gasteiger partial charge in [-0.1, -0.05) is 64.8 Å². The minimum atomic E-state index is 0.795. The molecule has 6 atom stereocenters. The van der Waals surface area contributed by atoms with Crippen LogP contribution in [-0.2, 0) is 0 Å². The molecule has 2 aliphatic carbocycles. The molecule has 0 unspecified atom stereocenters. The summed E-state index contributed by atoms with van der Waals surface area (Å²) in [5, 5.41) is 0. The fourth-order valence-corrected chi connectivity index (χ4v) is 3.76. The Morgan fingerprint density at radius 2 is 0.950 bits per heavy atom. The number of rotatable bonds is 0. The average Bonchev–Trinajstić information content (AvgIpc) is 2.33. The topological polar surface area (TPSA) is 0 Å². The zero-order valence-electron chi connectivity index (χ0n) is 15.0. The van der Waals surface area contributed by atoms with Crippen LogP contribution in [0.4, 0.5) is 0 Å². The van der Waals surface area contributed by atoms with Crippen LogP contribution in [0, 0.1) is 35.5 Å². The maximum Gasteiger partial charge on any atom is -0.0231 e. The van der Waals surface area contributed by atoms with Gasteiger partial charge in [-0.15, -0.1) is 0 Å². The summed E-state index contributed by atoms with van der Waals surface area (Å²) in [5.41, 5.74) is 3.16. The highest BCUT2D eigenvalue weighted by Crippen LogP contribution is 2.33. The third kappa shape index (κ3) is 4.79. The standard InChI is InChI=1S/2C10H18/c2*1-7-5-8(2)10(4)9(3)6-7/h2*5,8-10H,6H2,1-4H3/t8-,9+,10+;8-,9-,10-/m01/s1. The van der Waals surface area contributed by atoms with E-state index >= 15 is 0 Å². The van der Waals surface area contributed by atoms with Gasteiger partial charge in [-0.05, 0) is 62.2 Å². The molecule has 0 fully saturated rings. The minimum Gasteiger partial charge on any atom is -0.0825 e. The zero-order chi connectivity index (χ0) is 15.4. The summed E-state index contributed by atoms with van der Waals surface area (Å²) in [6.45, 7) is 18.6. The second-order valence-electron chi connectivity index (χ2n) is 7.83. The summed E-state index contributed by atoms with van der Waals surface area (Å²) in [7, 11) is 0. The molecule has 116 valence electrons. The average molecular weight is 277 g/mol. The van der Waals surface area contributed by atoms with Crippen LogP contribution in [0.1, 0.15) is 68.2 Å². The van der Waals surface area contributed by atoms with Crippen LogP contribution in [-0.4, -0.2) is 0 Å². The highest BCUT2D eigenvalue weighted by Gasteiger charge is 2.22. The van der Waals surface area contributed by atoms with E-state index in [4.69, 9.17) is 0 Å². The largest absolute Gasteiger partial charge is 0.0825 e. The summed E-state index contributed by atoms with van der Waals surface area (Å²) in [6.07, 6.45) is 7.46. The van der Waals surface area contributed by atoms with E-state index in [-0.39, 0.29) is 0 Å². The summed E-state index contributed by atoms with van der Waals surface area (Å²) in [4.78, 5) is 0. The van der Waals surface area contributed by atoms with Crippen molar-refractivity contribution < 1.29 is 0 Å². The van der Waals surface area contributed by atoms with E-state index in [1.807, 2.05) is 0 Å². The van der Waals surface area contributed by atoms with Gasteiger partial charge in [0.2, 0.25) is 0 Å². The lowest BCUT2D eigenvalue weighted by Gasteiger charge is -2.29. The Kier molecular flexibility index (Phi) is 6.55. The number of allylic oxidation sites excluding steroid dienone is 4. The second-order valence-corrected chi connectivity index (χ2v) is 7.83. The van der Waals surface area contributed by atoms with Gasteiger partial charge in [0.05, 0.1) is 0 Å². The van der Waals surface area contributed by atoms with E-state index in [1.54, 1.807) is 11.1 Å². The molecule has 0 aromatic carbocycles. The molecule has 0 bridgehead atoms. The number of hydrogen-bond donors (Lipinski definition) is 0. The molecule has 0 saturated carbocycles. The van der Waals surface area contributed by atoms with E-state index in [2.05, 4.69) is 67.5 Å². The Hall–Kier alpha value is -0.520. The minimum absolute atomic E-state index is 0.795. The predicted molar refractivity (Wildman–Crippen MR) is 91.7 cm³/mol. The molecule has 0 heterocycles. The molecule has 0 N–H and O–H groups in total. The fraction of sp³-hybridized carbons (Fsp3) is 0.800. The lowest BCUT2D eigenvalue weighted by molar-refractivity contribution is 0.297. The molecule has 0 nitrogen and oxygen atoms in total. The first-order valence-corrected chi connectivity index (χ1v) is 8.57. The van der Waals surface area contributed by atoms with Crippen LogP contribution >= 0.6 is 0 Å². The van der Waals surface area contributed by atoms with Gasteiger partial charge in [-0.25, -0.2) is 0 Å². The molecule has 0 aliphatic heterocycles. The Bertz CT molecular complexity index is 324. The fourth-order valence-electron chi connectivity index (χ4n) is 3.76. The smallest absolute Gasteiger partial charge is 0.0231 e. The molecule has 20 heavy (non-hydrogen) atoms. The van der Waals surface area contributed by atoms with Crippen LogP contribution in [0.2, 0.25) is 0 Å². The highest BCUT2D eigenvalue weighted by molar-refractivity contribution is 5.07. The van der Waals surface area contributed by atoms with E-state index in [0.29, 0.717) is 0 Å². The first-order chi connectivity index (χ1) is 9.22. The van der Waals surface area contributed by atoms with Crippen molar-refractivity contribution in [2.45, 2.75) is 68.2 Å². The lowest BCUT2D eigenvalue weighted by atomic mass is 9.76. The normalized spacial score (nSPS) is 41.2. The zero-order valence-corrected chi connectivity index (χ0v) is 15.0. The maximum absolute atomic E-state index is 2.42.